The molecule has 112 valence electrons. The highest BCUT2D eigenvalue weighted by atomic mass is 16.5. The van der Waals surface area contributed by atoms with Gasteiger partial charge in [0, 0.05) is 19.3 Å². The molecule has 1 aromatic rings. The summed E-state index contributed by atoms with van der Waals surface area (Å²) in [6, 6.07) is 7.18. The fourth-order valence-electron chi connectivity index (χ4n) is 1.76. The van der Waals surface area contributed by atoms with E-state index in [1.807, 2.05) is 21.1 Å². The highest BCUT2D eigenvalue weighted by Crippen LogP contribution is 2.13. The Kier molecular flexibility index (Phi) is 6.87. The largest absolute Gasteiger partial charge is 0.493 e. The predicted molar refractivity (Wildman–Crippen MR) is 81.8 cm³/mol. The third-order valence-corrected chi connectivity index (χ3v) is 2.99. The molecule has 0 aliphatic carbocycles. The summed E-state index contributed by atoms with van der Waals surface area (Å²) in [6.07, 6.45) is 1.37. The lowest BCUT2D eigenvalue weighted by atomic mass is 10.3. The number of hydrogen-bond donors (Lipinski definition) is 1. The Morgan fingerprint density at radius 1 is 1.15 bits per heavy atom. The molecule has 5 heteroatoms. The molecule has 1 aromatic carbocycles. The van der Waals surface area contributed by atoms with Gasteiger partial charge in [0.15, 0.2) is 0 Å². The molecule has 1 amide bonds. The van der Waals surface area contributed by atoms with E-state index in [1.54, 1.807) is 29.2 Å². The van der Waals surface area contributed by atoms with Crippen LogP contribution in [-0.4, -0.2) is 56.5 Å². The lowest BCUT2D eigenvalue weighted by Crippen LogP contribution is -2.30. The number of nitrogen functional groups attached to an aromatic ring is 1. The highest BCUT2D eigenvalue weighted by Gasteiger charge is 2.08. The average Bonchev–Trinajstić information content (AvgIpc) is 2.40. The molecule has 5 nitrogen and oxygen atoms in total. The van der Waals surface area contributed by atoms with Crippen molar-refractivity contribution in [2.45, 2.75) is 12.8 Å². The number of carbonyl (C=O) groups excluding carboxylic acids is 1. The lowest BCUT2D eigenvalue weighted by molar-refractivity contribution is -0.130. The molecule has 0 radical (unpaired) electrons. The molecule has 20 heavy (non-hydrogen) atoms. The molecule has 0 unspecified atom stereocenters. The maximum atomic E-state index is 11.9. The van der Waals surface area contributed by atoms with Crippen molar-refractivity contribution in [3.8, 4) is 5.75 Å². The maximum absolute atomic E-state index is 11.9. The van der Waals surface area contributed by atoms with Crippen molar-refractivity contribution in [2.75, 3.05) is 46.6 Å². The van der Waals surface area contributed by atoms with Crippen LogP contribution in [0.3, 0.4) is 0 Å². The minimum Gasteiger partial charge on any atom is -0.493 e. The van der Waals surface area contributed by atoms with Gasteiger partial charge in [0.2, 0.25) is 5.91 Å². The molecule has 0 bridgehead atoms. The minimum atomic E-state index is 0.110. The Balaban J connectivity index is 2.20. The number of amides is 1. The summed E-state index contributed by atoms with van der Waals surface area (Å²) in [5.41, 5.74) is 6.29. The SMILES string of the molecule is CN(C)CCCN(C)C(=O)CCOc1ccc(N)cc1. The average molecular weight is 279 g/mol. The Bertz CT molecular complexity index is 404. The van der Waals surface area contributed by atoms with Crippen LogP contribution < -0.4 is 10.5 Å². The van der Waals surface area contributed by atoms with Crippen LogP contribution in [0.15, 0.2) is 24.3 Å². The molecule has 0 spiro atoms. The van der Waals surface area contributed by atoms with E-state index in [0.717, 1.165) is 25.3 Å². The van der Waals surface area contributed by atoms with Gasteiger partial charge >= 0.3 is 0 Å². The zero-order valence-electron chi connectivity index (χ0n) is 12.6. The molecular weight excluding hydrogens is 254 g/mol. The van der Waals surface area contributed by atoms with E-state index >= 15 is 0 Å². The predicted octanol–water partition coefficient (Wildman–Crippen LogP) is 1.45. The maximum Gasteiger partial charge on any atom is 0.225 e. The Morgan fingerprint density at radius 2 is 1.80 bits per heavy atom. The van der Waals surface area contributed by atoms with Crippen LogP contribution >= 0.6 is 0 Å². The molecule has 0 aliphatic heterocycles. The van der Waals surface area contributed by atoms with Crippen molar-refractivity contribution in [1.29, 1.82) is 0 Å². The Labute approximate surface area is 121 Å². The van der Waals surface area contributed by atoms with Crippen LogP contribution in [0, 0.1) is 0 Å². The Morgan fingerprint density at radius 3 is 2.40 bits per heavy atom. The van der Waals surface area contributed by atoms with E-state index in [-0.39, 0.29) is 5.91 Å². The van der Waals surface area contributed by atoms with E-state index in [0.29, 0.717) is 18.7 Å². The smallest absolute Gasteiger partial charge is 0.225 e. The number of nitrogens with zero attached hydrogens (tertiary/aromatic N) is 2. The second kappa shape index (κ2) is 8.43. The lowest BCUT2D eigenvalue weighted by Gasteiger charge is -2.18. The van der Waals surface area contributed by atoms with Crippen molar-refractivity contribution in [2.24, 2.45) is 0 Å². The second-order valence-electron chi connectivity index (χ2n) is 5.14. The first kappa shape index (κ1) is 16.3. The van der Waals surface area contributed by atoms with E-state index in [9.17, 15) is 4.79 Å². The van der Waals surface area contributed by atoms with Gasteiger partial charge in [0.05, 0.1) is 13.0 Å². The van der Waals surface area contributed by atoms with E-state index in [4.69, 9.17) is 10.5 Å². The van der Waals surface area contributed by atoms with Crippen LogP contribution in [0.4, 0.5) is 5.69 Å². The van der Waals surface area contributed by atoms with Crippen LogP contribution in [0.25, 0.3) is 0 Å². The van der Waals surface area contributed by atoms with Gasteiger partial charge in [0.1, 0.15) is 5.75 Å². The van der Waals surface area contributed by atoms with Crippen molar-refractivity contribution in [3.63, 3.8) is 0 Å². The summed E-state index contributed by atoms with van der Waals surface area (Å²) in [5, 5.41) is 0. The fourth-order valence-corrected chi connectivity index (χ4v) is 1.76. The summed E-state index contributed by atoms with van der Waals surface area (Å²) in [7, 11) is 5.89. The van der Waals surface area contributed by atoms with Crippen LogP contribution in [0.1, 0.15) is 12.8 Å². The summed E-state index contributed by atoms with van der Waals surface area (Å²) >= 11 is 0. The fraction of sp³-hybridized carbons (Fsp3) is 0.533. The van der Waals surface area contributed by atoms with Gasteiger partial charge in [-0.3, -0.25) is 4.79 Å². The molecule has 0 saturated heterocycles. The second-order valence-corrected chi connectivity index (χ2v) is 5.14. The first-order valence-corrected chi connectivity index (χ1v) is 6.86. The van der Waals surface area contributed by atoms with Gasteiger partial charge in [-0.25, -0.2) is 0 Å². The van der Waals surface area contributed by atoms with E-state index in [1.165, 1.54) is 0 Å². The quantitative estimate of drug-likeness (QED) is 0.732. The monoisotopic (exact) mass is 279 g/mol. The zero-order valence-corrected chi connectivity index (χ0v) is 12.6. The number of benzene rings is 1. The molecule has 0 heterocycles. The van der Waals surface area contributed by atoms with E-state index in [2.05, 4.69) is 4.90 Å². The highest BCUT2D eigenvalue weighted by molar-refractivity contribution is 5.75. The van der Waals surface area contributed by atoms with Crippen LogP contribution in [0.2, 0.25) is 0 Å². The third kappa shape index (κ3) is 6.43. The van der Waals surface area contributed by atoms with Crippen molar-refractivity contribution >= 4 is 11.6 Å². The summed E-state index contributed by atoms with van der Waals surface area (Å²) in [4.78, 5) is 15.7. The zero-order chi connectivity index (χ0) is 15.0. The third-order valence-electron chi connectivity index (χ3n) is 2.99. The van der Waals surface area contributed by atoms with Gasteiger partial charge in [-0.15, -0.1) is 0 Å². The topological polar surface area (TPSA) is 58.8 Å². The van der Waals surface area contributed by atoms with Crippen LogP contribution in [-0.2, 0) is 4.79 Å². The molecule has 2 N–H and O–H groups in total. The number of rotatable bonds is 8. The minimum absolute atomic E-state index is 0.110. The summed E-state index contributed by atoms with van der Waals surface area (Å²) < 4.78 is 5.51. The standard InChI is InChI=1S/C15H25N3O2/c1-17(2)10-4-11-18(3)15(19)9-12-20-14-7-5-13(16)6-8-14/h5-8H,4,9-12,16H2,1-3H3. The van der Waals surface area contributed by atoms with Crippen molar-refractivity contribution in [3.05, 3.63) is 24.3 Å². The molecule has 1 rings (SSSR count). The number of nitrogens with two attached hydrogens (primary N) is 1. The number of anilines is 1. The molecular formula is C15H25N3O2. The molecule has 0 aliphatic rings. The van der Waals surface area contributed by atoms with Crippen molar-refractivity contribution < 1.29 is 9.53 Å². The van der Waals surface area contributed by atoms with Crippen molar-refractivity contribution in [1.82, 2.24) is 9.80 Å². The summed E-state index contributed by atoms with van der Waals surface area (Å²) in [6.45, 7) is 2.15. The normalized spacial score (nSPS) is 10.6. The number of hydrogen-bond acceptors (Lipinski definition) is 4. The van der Waals surface area contributed by atoms with Gasteiger partial charge in [-0.05, 0) is 51.3 Å². The Hall–Kier alpha value is -1.75. The van der Waals surface area contributed by atoms with Crippen LogP contribution in [0.5, 0.6) is 5.75 Å². The molecule has 0 fully saturated rings. The van der Waals surface area contributed by atoms with Gasteiger partial charge in [0.25, 0.3) is 0 Å². The van der Waals surface area contributed by atoms with E-state index < -0.39 is 0 Å². The molecule has 0 aromatic heterocycles. The number of carbonyl (C=O) groups is 1. The van der Waals surface area contributed by atoms with Gasteiger partial charge < -0.3 is 20.3 Å². The first-order chi connectivity index (χ1) is 9.49. The van der Waals surface area contributed by atoms with Gasteiger partial charge in [-0.1, -0.05) is 0 Å². The molecule has 0 saturated carbocycles. The number of ether oxygens (including phenoxy) is 1. The molecule has 0 atom stereocenters. The van der Waals surface area contributed by atoms with Gasteiger partial charge in [-0.2, -0.15) is 0 Å². The first-order valence-electron chi connectivity index (χ1n) is 6.86. The summed E-state index contributed by atoms with van der Waals surface area (Å²) in [5.74, 6) is 0.849.